The number of anilines is 3. The summed E-state index contributed by atoms with van der Waals surface area (Å²) in [6.45, 7) is 8.70. The second kappa shape index (κ2) is 12.6. The van der Waals surface area contributed by atoms with Gasteiger partial charge in [0.1, 0.15) is 11.1 Å². The maximum Gasteiger partial charge on any atom is 0.416 e. The highest BCUT2D eigenvalue weighted by Gasteiger charge is 2.31. The number of carbonyl (C=O) groups is 1. The lowest BCUT2D eigenvalue weighted by atomic mass is 9.86. The number of nitrogens with one attached hydrogen (secondary N) is 3. The summed E-state index contributed by atoms with van der Waals surface area (Å²) in [5.74, 6) is 1.17. The maximum atomic E-state index is 13.4. The number of aromatic nitrogens is 4. The van der Waals surface area contributed by atoms with E-state index < -0.39 is 23.4 Å². The van der Waals surface area contributed by atoms with E-state index in [0.717, 1.165) is 50.7 Å². The molecule has 10 nitrogen and oxygen atoms in total. The predicted molar refractivity (Wildman–Crippen MR) is 157 cm³/mol. The summed E-state index contributed by atoms with van der Waals surface area (Å²) >= 11 is 0. The van der Waals surface area contributed by atoms with Crippen molar-refractivity contribution in [3.8, 4) is 0 Å². The summed E-state index contributed by atoms with van der Waals surface area (Å²) in [4.78, 5) is 26.2. The molecule has 43 heavy (non-hydrogen) atoms. The molecule has 1 aliphatic carbocycles. The molecule has 0 spiro atoms. The molecule has 13 heteroatoms. The lowest BCUT2D eigenvalue weighted by Crippen LogP contribution is -2.36. The Kier molecular flexibility index (Phi) is 9.00. The van der Waals surface area contributed by atoms with E-state index in [9.17, 15) is 18.0 Å². The molecular formula is C30H40F3N7O3. The number of carbonyl (C=O) groups excluding carboxylic acids is 1. The minimum absolute atomic E-state index is 0.00179. The zero-order valence-corrected chi connectivity index (χ0v) is 25.0. The third-order valence-corrected chi connectivity index (χ3v) is 7.81. The minimum Gasteiger partial charge on any atom is -0.444 e. The highest BCUT2D eigenvalue weighted by atomic mass is 19.4. The van der Waals surface area contributed by atoms with Crippen LogP contribution < -0.4 is 16.0 Å². The van der Waals surface area contributed by atoms with Crippen LogP contribution in [0.1, 0.15) is 77.8 Å². The van der Waals surface area contributed by atoms with Gasteiger partial charge in [-0.2, -0.15) is 18.2 Å². The topological polar surface area (TPSA) is 115 Å². The molecule has 0 bridgehead atoms. The first kappa shape index (κ1) is 30.8. The Labute approximate surface area is 249 Å². The summed E-state index contributed by atoms with van der Waals surface area (Å²) < 4.78 is 53.3. The summed E-state index contributed by atoms with van der Waals surface area (Å²) in [5.41, 5.74) is 0.141. The number of ether oxygens (including phenoxy) is 2. The third kappa shape index (κ3) is 8.07. The monoisotopic (exact) mass is 603 g/mol. The number of fused-ring (bicyclic) bond motifs is 1. The van der Waals surface area contributed by atoms with Gasteiger partial charge in [-0.1, -0.05) is 6.07 Å². The lowest BCUT2D eigenvalue weighted by Gasteiger charge is -2.31. The van der Waals surface area contributed by atoms with Crippen LogP contribution in [-0.4, -0.2) is 56.5 Å². The first-order valence-corrected chi connectivity index (χ1v) is 14.9. The lowest BCUT2D eigenvalue weighted by molar-refractivity contribution is -0.137. The van der Waals surface area contributed by atoms with Crippen LogP contribution in [0.15, 0.2) is 30.5 Å². The average Bonchev–Trinajstić information content (AvgIpc) is 3.28. The molecule has 1 saturated carbocycles. The number of hydrogen-bond donors (Lipinski definition) is 3. The Morgan fingerprint density at radius 1 is 1.12 bits per heavy atom. The fourth-order valence-corrected chi connectivity index (χ4v) is 5.76. The van der Waals surface area contributed by atoms with Crippen molar-refractivity contribution in [3.05, 3.63) is 36.0 Å². The van der Waals surface area contributed by atoms with Crippen LogP contribution in [0.2, 0.25) is 0 Å². The number of nitrogens with zero attached hydrogens (tertiary/aromatic N) is 4. The number of hydrogen-bond acceptors (Lipinski definition) is 8. The zero-order chi connectivity index (χ0) is 30.8. The molecule has 1 amide bonds. The quantitative estimate of drug-likeness (QED) is 0.269. The van der Waals surface area contributed by atoms with Gasteiger partial charge in [0, 0.05) is 30.9 Å². The first-order chi connectivity index (χ1) is 20.3. The molecule has 5 rings (SSSR count). The molecule has 2 atom stereocenters. The van der Waals surface area contributed by atoms with E-state index in [2.05, 4.69) is 20.9 Å². The molecule has 2 aromatic heterocycles. The standard InChI is InChI=1S/C30H40F3N7O3/c1-18-14-22(12-13-42-18)36-26-34-17-24-25(39-26)40(27(38-24)37-21-7-5-6-20(15-21)30(31,32)33)23-10-8-19(9-11-23)16-35-28(41)43-29(2,3)4/h5-7,15,17-19,22-23H,8-14,16H2,1-4H3,(H,35,41)(H,37,38)(H,34,36,39)/t18-,19?,22-,23?/m0/s1. The Morgan fingerprint density at radius 3 is 2.58 bits per heavy atom. The van der Waals surface area contributed by atoms with Crippen LogP contribution in [0.4, 0.5) is 35.5 Å². The molecular weight excluding hydrogens is 563 g/mol. The van der Waals surface area contributed by atoms with Crippen LogP contribution in [0.25, 0.3) is 11.2 Å². The zero-order valence-electron chi connectivity index (χ0n) is 25.0. The number of halogens is 3. The molecule has 2 aliphatic rings. The minimum atomic E-state index is -4.46. The largest absolute Gasteiger partial charge is 0.444 e. The second-order valence-corrected chi connectivity index (χ2v) is 12.5. The highest BCUT2D eigenvalue weighted by Crippen LogP contribution is 2.38. The van der Waals surface area contributed by atoms with E-state index in [1.165, 1.54) is 6.07 Å². The van der Waals surface area contributed by atoms with E-state index in [0.29, 0.717) is 36.2 Å². The van der Waals surface area contributed by atoms with Gasteiger partial charge in [-0.25, -0.2) is 14.8 Å². The Hall–Kier alpha value is -3.61. The number of imidazole rings is 1. The van der Waals surface area contributed by atoms with E-state index in [1.807, 2.05) is 32.3 Å². The summed E-state index contributed by atoms with van der Waals surface area (Å²) in [6.07, 6.45) is 1.84. The van der Waals surface area contributed by atoms with Gasteiger partial charge in [-0.3, -0.25) is 4.57 Å². The second-order valence-electron chi connectivity index (χ2n) is 12.5. The van der Waals surface area contributed by atoms with Crippen molar-refractivity contribution >= 4 is 34.8 Å². The third-order valence-electron chi connectivity index (χ3n) is 7.81. The van der Waals surface area contributed by atoms with Crippen molar-refractivity contribution in [2.75, 3.05) is 23.8 Å². The van der Waals surface area contributed by atoms with E-state index >= 15 is 0 Å². The number of amides is 1. The van der Waals surface area contributed by atoms with E-state index in [1.54, 1.807) is 12.3 Å². The smallest absolute Gasteiger partial charge is 0.416 e. The van der Waals surface area contributed by atoms with Crippen molar-refractivity contribution in [2.45, 2.75) is 96.2 Å². The summed E-state index contributed by atoms with van der Waals surface area (Å²) in [6, 6.07) is 5.26. The van der Waals surface area contributed by atoms with Crippen molar-refractivity contribution in [2.24, 2.45) is 5.92 Å². The van der Waals surface area contributed by atoms with E-state index in [-0.39, 0.29) is 29.8 Å². The van der Waals surface area contributed by atoms with Crippen LogP contribution in [0, 0.1) is 5.92 Å². The summed E-state index contributed by atoms with van der Waals surface area (Å²) in [5, 5.41) is 9.43. The normalized spacial score (nSPS) is 23.1. The fraction of sp³-hybridized carbons (Fsp3) is 0.600. The van der Waals surface area contributed by atoms with Gasteiger partial charge in [0.15, 0.2) is 5.65 Å². The average molecular weight is 604 g/mol. The molecule has 3 aromatic rings. The fourth-order valence-electron chi connectivity index (χ4n) is 5.76. The van der Waals surface area contributed by atoms with Crippen LogP contribution in [0.3, 0.4) is 0 Å². The number of alkyl halides is 3. The Bertz CT molecular complexity index is 1410. The molecule has 3 heterocycles. The van der Waals surface area contributed by atoms with Gasteiger partial charge in [0.2, 0.25) is 11.9 Å². The van der Waals surface area contributed by atoms with Crippen LogP contribution in [-0.2, 0) is 15.7 Å². The van der Waals surface area contributed by atoms with Gasteiger partial charge in [-0.15, -0.1) is 0 Å². The molecule has 234 valence electrons. The molecule has 1 aliphatic heterocycles. The first-order valence-electron chi connectivity index (χ1n) is 14.9. The molecule has 1 aromatic carbocycles. The van der Waals surface area contributed by atoms with E-state index in [4.69, 9.17) is 19.4 Å². The molecule has 1 saturated heterocycles. The van der Waals surface area contributed by atoms with Gasteiger partial charge >= 0.3 is 12.3 Å². The Morgan fingerprint density at radius 2 is 1.88 bits per heavy atom. The SMILES string of the molecule is C[C@H]1C[C@@H](Nc2ncc3nc(Nc4cccc(C(F)(F)F)c4)n(C4CCC(CNC(=O)OC(C)(C)C)CC4)c3n2)CCO1. The van der Waals surface area contributed by atoms with Crippen molar-refractivity contribution in [1.82, 2.24) is 24.8 Å². The van der Waals surface area contributed by atoms with Crippen molar-refractivity contribution in [1.29, 1.82) is 0 Å². The molecule has 0 radical (unpaired) electrons. The van der Waals surface area contributed by atoms with Crippen molar-refractivity contribution < 1.29 is 27.4 Å². The van der Waals surface area contributed by atoms with Crippen LogP contribution >= 0.6 is 0 Å². The highest BCUT2D eigenvalue weighted by molar-refractivity contribution is 5.76. The maximum absolute atomic E-state index is 13.4. The molecule has 3 N–H and O–H groups in total. The molecule has 2 fully saturated rings. The van der Waals surface area contributed by atoms with Gasteiger partial charge in [0.05, 0.1) is 17.9 Å². The number of alkyl carbamates (subject to hydrolysis) is 1. The van der Waals surface area contributed by atoms with Gasteiger partial charge < -0.3 is 25.4 Å². The molecule has 0 unspecified atom stereocenters. The number of benzene rings is 1. The van der Waals surface area contributed by atoms with Crippen molar-refractivity contribution in [3.63, 3.8) is 0 Å². The van der Waals surface area contributed by atoms with Gasteiger partial charge in [0.25, 0.3) is 0 Å². The van der Waals surface area contributed by atoms with Gasteiger partial charge in [-0.05, 0) is 90.3 Å². The van der Waals surface area contributed by atoms with Crippen LogP contribution in [0.5, 0.6) is 0 Å². The summed E-state index contributed by atoms with van der Waals surface area (Å²) in [7, 11) is 0. The Balaban J connectivity index is 1.38. The number of rotatable bonds is 7. The predicted octanol–water partition coefficient (Wildman–Crippen LogP) is 6.82.